The first-order valence-electron chi connectivity index (χ1n) is 10.0. The van der Waals surface area contributed by atoms with Gasteiger partial charge in [-0.05, 0) is 49.3 Å². The number of ether oxygens (including phenoxy) is 1. The van der Waals surface area contributed by atoms with E-state index >= 15 is 0 Å². The fourth-order valence-electron chi connectivity index (χ4n) is 4.40. The summed E-state index contributed by atoms with van der Waals surface area (Å²) in [7, 11) is 0. The summed E-state index contributed by atoms with van der Waals surface area (Å²) in [5.41, 5.74) is 2.74. The van der Waals surface area contributed by atoms with E-state index in [0.717, 1.165) is 66.7 Å². The predicted molar refractivity (Wildman–Crippen MR) is 114 cm³/mol. The Hall–Kier alpha value is -2.37. The molecule has 4 nitrogen and oxygen atoms in total. The van der Waals surface area contributed by atoms with Gasteiger partial charge in [0.05, 0.1) is 5.69 Å². The summed E-state index contributed by atoms with van der Waals surface area (Å²) in [5.74, 6) is 0.726. The number of aromatic nitrogens is 2. The maximum atomic E-state index is 13.6. The first kappa shape index (κ1) is 17.7. The van der Waals surface area contributed by atoms with E-state index in [1.165, 1.54) is 4.83 Å². The van der Waals surface area contributed by atoms with Crippen LogP contribution >= 0.6 is 11.3 Å². The largest absolute Gasteiger partial charge is 0.381 e. The summed E-state index contributed by atoms with van der Waals surface area (Å²) in [6.07, 6.45) is 4.25. The Morgan fingerprint density at radius 3 is 2.86 bits per heavy atom. The van der Waals surface area contributed by atoms with Crippen LogP contribution < -0.4 is 0 Å². The molecule has 1 aliphatic rings. The van der Waals surface area contributed by atoms with Crippen LogP contribution in [0.15, 0.2) is 48.0 Å². The molecule has 1 saturated heterocycles. The Bertz CT molecular complexity index is 1140. The third-order valence-corrected chi connectivity index (χ3v) is 6.83. The summed E-state index contributed by atoms with van der Waals surface area (Å²) in [6.45, 7) is 5.53. The summed E-state index contributed by atoms with van der Waals surface area (Å²) in [5, 5.41) is 4.29. The van der Waals surface area contributed by atoms with Crippen LogP contribution in [0.1, 0.15) is 35.8 Å². The average Bonchev–Trinajstić information content (AvgIpc) is 3.41. The Morgan fingerprint density at radius 2 is 2.04 bits per heavy atom. The molecule has 5 rings (SSSR count). The van der Waals surface area contributed by atoms with Gasteiger partial charge in [0, 0.05) is 54.4 Å². The van der Waals surface area contributed by atoms with E-state index < -0.39 is 0 Å². The van der Waals surface area contributed by atoms with Crippen molar-refractivity contribution in [2.24, 2.45) is 5.92 Å². The number of rotatable bonds is 5. The molecule has 0 unspecified atom stereocenters. The molecule has 0 N–H and O–H groups in total. The number of benzene rings is 1. The second-order valence-electron chi connectivity index (χ2n) is 7.55. The molecule has 0 atom stereocenters. The molecule has 1 aliphatic heterocycles. The number of hydrogen-bond acceptors (Lipinski definition) is 3. The predicted octanol–water partition coefficient (Wildman–Crippen LogP) is 5.34. The van der Waals surface area contributed by atoms with Gasteiger partial charge in [0.2, 0.25) is 5.78 Å². The summed E-state index contributed by atoms with van der Waals surface area (Å²) < 4.78 is 9.93. The highest BCUT2D eigenvalue weighted by Gasteiger charge is 2.23. The molecule has 4 aromatic rings. The topological polar surface area (TPSA) is 36.2 Å². The van der Waals surface area contributed by atoms with Crippen molar-refractivity contribution in [2.75, 3.05) is 13.2 Å². The molecule has 1 aromatic carbocycles. The van der Waals surface area contributed by atoms with Crippen LogP contribution in [0.4, 0.5) is 0 Å². The third-order valence-electron chi connectivity index (χ3n) is 5.88. The number of thiophene rings is 1. The van der Waals surface area contributed by atoms with Gasteiger partial charge < -0.3 is 13.9 Å². The zero-order chi connectivity index (χ0) is 19.1. The van der Waals surface area contributed by atoms with Crippen LogP contribution in [0.25, 0.3) is 21.1 Å². The Kier molecular flexibility index (Phi) is 4.57. The molecular weight excluding hydrogens is 368 g/mol. The van der Waals surface area contributed by atoms with Crippen LogP contribution in [0, 0.1) is 5.92 Å². The molecule has 28 heavy (non-hydrogen) atoms. The van der Waals surface area contributed by atoms with E-state index in [-0.39, 0.29) is 5.78 Å². The van der Waals surface area contributed by atoms with E-state index in [2.05, 4.69) is 51.9 Å². The highest BCUT2D eigenvalue weighted by Crippen LogP contribution is 2.30. The second kappa shape index (κ2) is 7.22. The van der Waals surface area contributed by atoms with Gasteiger partial charge in [0.25, 0.3) is 0 Å². The maximum absolute atomic E-state index is 13.6. The van der Waals surface area contributed by atoms with Gasteiger partial charge in [-0.25, -0.2) is 0 Å². The highest BCUT2D eigenvalue weighted by molar-refractivity contribution is 7.16. The van der Waals surface area contributed by atoms with Crippen molar-refractivity contribution in [3.8, 4) is 0 Å². The Balaban J connectivity index is 1.58. The number of carbonyl (C=O) groups is 1. The fourth-order valence-corrected chi connectivity index (χ4v) is 5.36. The molecule has 5 heteroatoms. The summed E-state index contributed by atoms with van der Waals surface area (Å²) in [4.78, 5) is 14.7. The van der Waals surface area contributed by atoms with E-state index in [1.54, 1.807) is 11.3 Å². The molecule has 1 fully saturated rings. The van der Waals surface area contributed by atoms with E-state index in [1.807, 2.05) is 12.1 Å². The smallest absolute Gasteiger partial charge is 0.211 e. The number of ketones is 1. The first-order valence-corrected chi connectivity index (χ1v) is 10.9. The van der Waals surface area contributed by atoms with Gasteiger partial charge >= 0.3 is 0 Å². The monoisotopic (exact) mass is 392 g/mol. The second-order valence-corrected chi connectivity index (χ2v) is 8.45. The molecule has 4 heterocycles. The first-order chi connectivity index (χ1) is 13.8. The van der Waals surface area contributed by atoms with E-state index in [4.69, 9.17) is 4.74 Å². The normalized spacial score (nSPS) is 15.6. The number of para-hydroxylation sites is 1. The number of hydrogen-bond donors (Lipinski definition) is 0. The van der Waals surface area contributed by atoms with Crippen molar-refractivity contribution in [1.29, 1.82) is 0 Å². The van der Waals surface area contributed by atoms with Crippen molar-refractivity contribution < 1.29 is 9.53 Å². The standard InChI is InChI=1S/C23H24N2O2S/c1-2-25-21(13-17-9-12-28-23(17)25)22(26)19-15-24(14-16-7-10-27-11-8-16)20-6-4-3-5-18(19)20/h3-6,9,12-13,15-16H,2,7-8,10-11,14H2,1H3. The summed E-state index contributed by atoms with van der Waals surface area (Å²) >= 11 is 1.70. The lowest BCUT2D eigenvalue weighted by Gasteiger charge is -2.22. The van der Waals surface area contributed by atoms with E-state index in [0.29, 0.717) is 5.92 Å². The Morgan fingerprint density at radius 1 is 1.21 bits per heavy atom. The van der Waals surface area contributed by atoms with Crippen molar-refractivity contribution in [3.05, 3.63) is 59.2 Å². The fraction of sp³-hybridized carbons (Fsp3) is 0.348. The van der Waals surface area contributed by atoms with Crippen LogP contribution in [0.5, 0.6) is 0 Å². The molecule has 0 spiro atoms. The lowest BCUT2D eigenvalue weighted by atomic mass is 10.0. The maximum Gasteiger partial charge on any atom is 0.211 e. The van der Waals surface area contributed by atoms with Crippen LogP contribution in [-0.4, -0.2) is 28.1 Å². The van der Waals surface area contributed by atoms with Crippen LogP contribution in [-0.2, 0) is 17.8 Å². The van der Waals surface area contributed by atoms with Crippen molar-refractivity contribution >= 4 is 38.2 Å². The van der Waals surface area contributed by atoms with Crippen molar-refractivity contribution in [1.82, 2.24) is 9.13 Å². The lowest BCUT2D eigenvalue weighted by molar-refractivity contribution is 0.0616. The number of aryl methyl sites for hydroxylation is 1. The van der Waals surface area contributed by atoms with Crippen molar-refractivity contribution in [2.45, 2.75) is 32.9 Å². The van der Waals surface area contributed by atoms with Gasteiger partial charge in [-0.1, -0.05) is 18.2 Å². The minimum atomic E-state index is 0.118. The molecule has 3 aromatic heterocycles. The zero-order valence-electron chi connectivity index (χ0n) is 16.1. The van der Waals surface area contributed by atoms with Crippen molar-refractivity contribution in [3.63, 3.8) is 0 Å². The summed E-state index contributed by atoms with van der Waals surface area (Å²) in [6, 6.07) is 12.4. The Labute approximate surface area is 168 Å². The van der Waals surface area contributed by atoms with Gasteiger partial charge in [-0.3, -0.25) is 4.79 Å². The molecule has 0 bridgehead atoms. The molecule has 0 amide bonds. The SMILES string of the molecule is CCn1c(C(=O)c2cn(CC3CCOCC3)c3ccccc23)cc2ccsc21. The van der Waals surface area contributed by atoms with Gasteiger partial charge in [-0.2, -0.15) is 0 Å². The van der Waals surface area contributed by atoms with Crippen LogP contribution in [0.3, 0.4) is 0 Å². The van der Waals surface area contributed by atoms with Gasteiger partial charge in [0.1, 0.15) is 4.83 Å². The molecule has 0 radical (unpaired) electrons. The average molecular weight is 393 g/mol. The number of nitrogens with zero attached hydrogens (tertiary/aromatic N) is 2. The number of fused-ring (bicyclic) bond motifs is 2. The molecule has 144 valence electrons. The molecular formula is C23H24N2O2S. The minimum Gasteiger partial charge on any atom is -0.381 e. The third kappa shape index (κ3) is 2.90. The molecule has 0 saturated carbocycles. The minimum absolute atomic E-state index is 0.118. The van der Waals surface area contributed by atoms with Gasteiger partial charge in [0.15, 0.2) is 0 Å². The number of carbonyl (C=O) groups excluding carboxylic acids is 1. The lowest BCUT2D eigenvalue weighted by Crippen LogP contribution is -2.20. The van der Waals surface area contributed by atoms with Crippen LogP contribution in [0.2, 0.25) is 0 Å². The highest BCUT2D eigenvalue weighted by atomic mass is 32.1. The molecule has 0 aliphatic carbocycles. The van der Waals surface area contributed by atoms with E-state index in [9.17, 15) is 4.79 Å². The van der Waals surface area contributed by atoms with Gasteiger partial charge in [-0.15, -0.1) is 11.3 Å². The quantitative estimate of drug-likeness (QED) is 0.430. The zero-order valence-corrected chi connectivity index (χ0v) is 16.9.